The van der Waals surface area contributed by atoms with Crippen molar-refractivity contribution in [3.63, 3.8) is 0 Å². The molecule has 5 heteroatoms. The van der Waals surface area contributed by atoms with Crippen LogP contribution in [0.15, 0.2) is 24.3 Å². The number of fused-ring (bicyclic) bond motifs is 1. The number of thioether (sulfide) groups is 1. The molecule has 2 saturated heterocycles. The van der Waals surface area contributed by atoms with Crippen LogP contribution < -0.4 is 5.32 Å². The van der Waals surface area contributed by atoms with Gasteiger partial charge in [0.2, 0.25) is 11.0 Å². The minimum atomic E-state index is -0.259. The van der Waals surface area contributed by atoms with E-state index >= 15 is 0 Å². The van der Waals surface area contributed by atoms with E-state index in [0.717, 1.165) is 31.6 Å². The zero-order valence-electron chi connectivity index (χ0n) is 11.7. The van der Waals surface area contributed by atoms with E-state index in [1.165, 1.54) is 22.9 Å². The Hall–Kier alpha value is -1.33. The molecular formula is C16H18N2O2S. The molecule has 0 spiro atoms. The monoisotopic (exact) mass is 302 g/mol. The highest BCUT2D eigenvalue weighted by Gasteiger charge is 2.47. The first-order valence-corrected chi connectivity index (χ1v) is 8.50. The molecule has 21 heavy (non-hydrogen) atoms. The van der Waals surface area contributed by atoms with Gasteiger partial charge in [-0.3, -0.25) is 14.5 Å². The van der Waals surface area contributed by atoms with Gasteiger partial charge in [0, 0.05) is 18.3 Å². The maximum atomic E-state index is 12.2. The van der Waals surface area contributed by atoms with Gasteiger partial charge in [0.15, 0.2) is 0 Å². The molecule has 3 unspecified atom stereocenters. The normalized spacial score (nSPS) is 31.2. The van der Waals surface area contributed by atoms with Crippen LogP contribution in [0.4, 0.5) is 0 Å². The van der Waals surface area contributed by atoms with Crippen molar-refractivity contribution in [2.24, 2.45) is 0 Å². The second-order valence-corrected chi connectivity index (χ2v) is 7.16. The molecule has 2 fully saturated rings. The van der Waals surface area contributed by atoms with E-state index in [2.05, 4.69) is 34.5 Å². The van der Waals surface area contributed by atoms with Gasteiger partial charge in [-0.25, -0.2) is 0 Å². The molecule has 1 aromatic rings. The van der Waals surface area contributed by atoms with Crippen molar-refractivity contribution >= 4 is 22.8 Å². The summed E-state index contributed by atoms with van der Waals surface area (Å²) in [6.07, 6.45) is 2.85. The maximum absolute atomic E-state index is 12.2. The fraction of sp³-hybridized carbons (Fsp3) is 0.500. The first kappa shape index (κ1) is 13.3. The molecule has 0 bridgehead atoms. The average Bonchev–Trinajstić information content (AvgIpc) is 3.02. The van der Waals surface area contributed by atoms with E-state index in [1.807, 2.05) is 0 Å². The summed E-state index contributed by atoms with van der Waals surface area (Å²) in [7, 11) is 0. The Labute approximate surface area is 128 Å². The van der Waals surface area contributed by atoms with Crippen LogP contribution in [0, 0.1) is 0 Å². The van der Waals surface area contributed by atoms with Gasteiger partial charge in [-0.15, -0.1) is 0 Å². The molecule has 4 rings (SSSR count). The van der Waals surface area contributed by atoms with Crippen LogP contribution in [0.3, 0.4) is 0 Å². The highest BCUT2D eigenvalue weighted by atomic mass is 32.2. The minimum absolute atomic E-state index is 0.0253. The molecule has 4 nitrogen and oxygen atoms in total. The van der Waals surface area contributed by atoms with Crippen molar-refractivity contribution in [1.29, 1.82) is 0 Å². The van der Waals surface area contributed by atoms with Gasteiger partial charge in [0.05, 0.1) is 6.04 Å². The van der Waals surface area contributed by atoms with Crippen molar-refractivity contribution in [2.75, 3.05) is 12.3 Å². The number of amides is 1. The van der Waals surface area contributed by atoms with Crippen LogP contribution in [-0.4, -0.2) is 46.3 Å². The van der Waals surface area contributed by atoms with Crippen LogP contribution in [0.2, 0.25) is 0 Å². The first-order chi connectivity index (χ1) is 10.2. The third-order valence-electron chi connectivity index (χ3n) is 4.70. The molecule has 0 aromatic heterocycles. The molecule has 3 atom stereocenters. The highest BCUT2D eigenvalue weighted by Crippen LogP contribution is 2.32. The molecule has 3 aliphatic rings. The van der Waals surface area contributed by atoms with Gasteiger partial charge in [-0.05, 0) is 30.4 Å². The number of benzene rings is 1. The predicted octanol–water partition coefficient (Wildman–Crippen LogP) is 0.986. The fourth-order valence-electron chi connectivity index (χ4n) is 3.45. The molecule has 2 aliphatic heterocycles. The van der Waals surface area contributed by atoms with Crippen LogP contribution in [0.25, 0.3) is 0 Å². The van der Waals surface area contributed by atoms with E-state index in [-0.39, 0.29) is 23.1 Å². The fourth-order valence-corrected chi connectivity index (χ4v) is 4.39. The van der Waals surface area contributed by atoms with Gasteiger partial charge in [-0.2, -0.15) is 0 Å². The number of rotatable bonds is 3. The Kier molecular flexibility index (Phi) is 3.27. The largest absolute Gasteiger partial charge is 0.344 e. The highest BCUT2D eigenvalue weighted by molar-refractivity contribution is 8.14. The van der Waals surface area contributed by atoms with Crippen LogP contribution in [0.5, 0.6) is 0 Å². The topological polar surface area (TPSA) is 49.2 Å². The van der Waals surface area contributed by atoms with E-state index < -0.39 is 0 Å². The van der Waals surface area contributed by atoms with Gasteiger partial charge < -0.3 is 5.32 Å². The second kappa shape index (κ2) is 5.14. The molecular weight excluding hydrogens is 284 g/mol. The molecule has 1 aromatic carbocycles. The third-order valence-corrected chi connectivity index (χ3v) is 5.71. The number of hydrogen-bond acceptors (Lipinski definition) is 4. The predicted molar refractivity (Wildman–Crippen MR) is 82.1 cm³/mol. The molecule has 1 amide bonds. The summed E-state index contributed by atoms with van der Waals surface area (Å²) in [5, 5.41) is 3.03. The summed E-state index contributed by atoms with van der Waals surface area (Å²) in [5.74, 6) is 0.864. The van der Waals surface area contributed by atoms with Crippen molar-refractivity contribution in [3.8, 4) is 0 Å². The standard InChI is InChI=1S/C16H18N2O2S/c19-15(17-13-5-6-21-16(13)20)14-9-18(14)12-7-10-3-1-2-4-11(10)8-12/h1-4,12-14H,5-9H2,(H,17,19). The number of hydrogen-bond donors (Lipinski definition) is 1. The Morgan fingerprint density at radius 3 is 2.57 bits per heavy atom. The van der Waals surface area contributed by atoms with Crippen molar-refractivity contribution < 1.29 is 9.59 Å². The van der Waals surface area contributed by atoms with E-state index in [4.69, 9.17) is 0 Å². The summed E-state index contributed by atoms with van der Waals surface area (Å²) < 4.78 is 0. The zero-order valence-corrected chi connectivity index (χ0v) is 12.6. The van der Waals surface area contributed by atoms with E-state index in [9.17, 15) is 9.59 Å². The summed E-state index contributed by atoms with van der Waals surface area (Å²) in [6.45, 7) is 0.832. The van der Waals surface area contributed by atoms with Gasteiger partial charge in [0.25, 0.3) is 0 Å². The van der Waals surface area contributed by atoms with Gasteiger partial charge in [0.1, 0.15) is 6.04 Å². The molecule has 0 radical (unpaired) electrons. The van der Waals surface area contributed by atoms with Gasteiger partial charge in [-0.1, -0.05) is 36.0 Å². The van der Waals surface area contributed by atoms with Crippen molar-refractivity contribution in [1.82, 2.24) is 10.2 Å². The Morgan fingerprint density at radius 1 is 1.24 bits per heavy atom. The molecule has 1 N–H and O–H groups in total. The SMILES string of the molecule is O=C1SCCC1NC(=O)C1CN1C1Cc2ccccc2C1. The van der Waals surface area contributed by atoms with Gasteiger partial charge >= 0.3 is 0 Å². The average molecular weight is 302 g/mol. The number of nitrogens with one attached hydrogen (secondary N) is 1. The van der Waals surface area contributed by atoms with Crippen molar-refractivity contribution in [2.45, 2.75) is 37.4 Å². The van der Waals surface area contributed by atoms with Crippen LogP contribution in [-0.2, 0) is 22.4 Å². The van der Waals surface area contributed by atoms with Crippen LogP contribution in [0.1, 0.15) is 17.5 Å². The lowest BCUT2D eigenvalue weighted by Gasteiger charge is -2.13. The third kappa shape index (κ3) is 2.49. The zero-order chi connectivity index (χ0) is 14.4. The summed E-state index contributed by atoms with van der Waals surface area (Å²) >= 11 is 1.33. The Balaban J connectivity index is 1.34. The molecule has 1 aliphatic carbocycles. The second-order valence-electron chi connectivity index (χ2n) is 6.06. The van der Waals surface area contributed by atoms with Crippen LogP contribution >= 0.6 is 11.8 Å². The molecule has 0 saturated carbocycles. The van der Waals surface area contributed by atoms with E-state index in [0.29, 0.717) is 6.04 Å². The lowest BCUT2D eigenvalue weighted by molar-refractivity contribution is -0.124. The quantitative estimate of drug-likeness (QED) is 0.846. The summed E-state index contributed by atoms with van der Waals surface area (Å²) in [6, 6.07) is 8.69. The lowest BCUT2D eigenvalue weighted by atomic mass is 10.1. The Bertz CT molecular complexity index is 579. The number of nitrogens with zero attached hydrogens (tertiary/aromatic N) is 1. The molecule has 110 valence electrons. The summed E-state index contributed by atoms with van der Waals surface area (Å²) in [4.78, 5) is 26.1. The smallest absolute Gasteiger partial charge is 0.239 e. The first-order valence-electron chi connectivity index (χ1n) is 7.52. The number of carbonyl (C=O) groups excluding carboxylic acids is 2. The maximum Gasteiger partial charge on any atom is 0.239 e. The van der Waals surface area contributed by atoms with E-state index in [1.54, 1.807) is 0 Å². The number of carbonyl (C=O) groups is 2. The molecule has 2 heterocycles. The minimum Gasteiger partial charge on any atom is -0.344 e. The summed E-state index contributed by atoms with van der Waals surface area (Å²) in [5.41, 5.74) is 2.83. The van der Waals surface area contributed by atoms with Crippen molar-refractivity contribution in [3.05, 3.63) is 35.4 Å². The lowest BCUT2D eigenvalue weighted by Crippen LogP contribution is -2.41. The Morgan fingerprint density at radius 2 is 1.95 bits per heavy atom.